The van der Waals surface area contributed by atoms with E-state index in [1.165, 1.54) is 5.56 Å². The molecule has 3 aromatic rings. The summed E-state index contributed by atoms with van der Waals surface area (Å²) in [6.07, 6.45) is 0.736. The molecule has 0 spiro atoms. The number of benzene rings is 3. The van der Waals surface area contributed by atoms with Crippen molar-refractivity contribution in [1.82, 2.24) is 0 Å². The van der Waals surface area contributed by atoms with Crippen LogP contribution in [0, 0.1) is 6.92 Å². The zero-order valence-electron chi connectivity index (χ0n) is 17.7. The number of carbonyl (C=O) groups is 2. The van der Waals surface area contributed by atoms with Gasteiger partial charge in [0.15, 0.2) is 0 Å². The van der Waals surface area contributed by atoms with E-state index in [1.807, 2.05) is 97.6 Å². The second-order valence-electron chi connectivity index (χ2n) is 7.75. The van der Waals surface area contributed by atoms with Gasteiger partial charge in [-0.15, -0.1) is 11.8 Å². The Balaban J connectivity index is 1.49. The lowest BCUT2D eigenvalue weighted by Crippen LogP contribution is -2.27. The fourth-order valence-electron chi connectivity index (χ4n) is 3.87. The number of thioether (sulfide) groups is 1. The van der Waals surface area contributed by atoms with Gasteiger partial charge in [0.25, 0.3) is 0 Å². The van der Waals surface area contributed by atoms with Crippen molar-refractivity contribution in [3.8, 4) is 0 Å². The molecular formula is C26H26N2O2S. The summed E-state index contributed by atoms with van der Waals surface area (Å²) in [5, 5.41) is 2.98. The molecule has 0 saturated carbocycles. The highest BCUT2D eigenvalue weighted by Gasteiger charge is 2.34. The van der Waals surface area contributed by atoms with Crippen molar-refractivity contribution in [2.75, 3.05) is 16.0 Å². The minimum atomic E-state index is -0.180. The van der Waals surface area contributed by atoms with Crippen LogP contribution in [-0.4, -0.2) is 17.6 Å². The summed E-state index contributed by atoms with van der Waals surface area (Å²) in [4.78, 5) is 27.2. The van der Waals surface area contributed by atoms with Gasteiger partial charge in [-0.2, -0.15) is 0 Å². The molecule has 1 aliphatic heterocycles. The summed E-state index contributed by atoms with van der Waals surface area (Å²) in [6.45, 7) is 4.06. The van der Waals surface area contributed by atoms with Crippen molar-refractivity contribution in [2.24, 2.45) is 0 Å². The van der Waals surface area contributed by atoms with E-state index in [9.17, 15) is 9.59 Å². The van der Waals surface area contributed by atoms with Crippen molar-refractivity contribution in [1.29, 1.82) is 0 Å². The minimum Gasteiger partial charge on any atom is -0.326 e. The van der Waals surface area contributed by atoms with Gasteiger partial charge in [-0.1, -0.05) is 67.1 Å². The minimum absolute atomic E-state index is 0.00634. The van der Waals surface area contributed by atoms with Crippen molar-refractivity contribution in [3.63, 3.8) is 0 Å². The molecular weight excluding hydrogens is 404 g/mol. The van der Waals surface area contributed by atoms with E-state index in [2.05, 4.69) is 5.32 Å². The van der Waals surface area contributed by atoms with Crippen LogP contribution >= 0.6 is 11.8 Å². The molecule has 4 nitrogen and oxygen atoms in total. The van der Waals surface area contributed by atoms with E-state index in [-0.39, 0.29) is 23.1 Å². The third kappa shape index (κ3) is 4.67. The smallest absolute Gasteiger partial charge is 0.238 e. The molecule has 0 radical (unpaired) electrons. The Bertz CT molecular complexity index is 1050. The third-order valence-corrected chi connectivity index (χ3v) is 6.78. The predicted molar refractivity (Wildman–Crippen MR) is 128 cm³/mol. The number of hydrogen-bond donors (Lipinski definition) is 1. The first-order valence-electron chi connectivity index (χ1n) is 10.5. The van der Waals surface area contributed by atoms with Crippen LogP contribution in [0.1, 0.15) is 41.3 Å². The van der Waals surface area contributed by atoms with Crippen LogP contribution in [0.3, 0.4) is 0 Å². The number of aryl methyl sites for hydroxylation is 1. The van der Waals surface area contributed by atoms with Gasteiger partial charge >= 0.3 is 0 Å². The number of hydrogen-bond acceptors (Lipinski definition) is 3. The Morgan fingerprint density at radius 2 is 1.71 bits per heavy atom. The van der Waals surface area contributed by atoms with Crippen molar-refractivity contribution in [2.45, 2.75) is 31.6 Å². The molecule has 1 saturated heterocycles. The standard InChI is InChI=1S/C26H26N2O2S/c1-3-23(19-7-5-4-6-8-19)25(30)27-21-13-11-20(12-14-21)26-28(24(29)17-31-26)22-15-9-18(2)10-16-22/h4-16,23,26H,3,17H2,1-2H3,(H,27,30). The van der Waals surface area contributed by atoms with Crippen LogP contribution in [0.5, 0.6) is 0 Å². The van der Waals surface area contributed by atoms with Gasteiger partial charge in [-0.3, -0.25) is 14.5 Å². The van der Waals surface area contributed by atoms with Gasteiger partial charge < -0.3 is 5.32 Å². The zero-order chi connectivity index (χ0) is 21.8. The third-order valence-electron chi connectivity index (χ3n) is 5.57. The quantitative estimate of drug-likeness (QED) is 0.529. The van der Waals surface area contributed by atoms with Crippen molar-refractivity contribution < 1.29 is 9.59 Å². The summed E-state index contributed by atoms with van der Waals surface area (Å²) in [5.74, 6) is 0.394. The Morgan fingerprint density at radius 3 is 2.35 bits per heavy atom. The van der Waals surface area contributed by atoms with E-state index < -0.39 is 0 Å². The number of nitrogens with one attached hydrogen (secondary N) is 1. The normalized spacial score (nSPS) is 16.9. The first-order chi connectivity index (χ1) is 15.1. The fourth-order valence-corrected chi connectivity index (χ4v) is 5.05. The SMILES string of the molecule is CCC(C(=O)Nc1ccc(C2SCC(=O)N2c2ccc(C)cc2)cc1)c1ccccc1. The Kier molecular flexibility index (Phi) is 6.42. The second kappa shape index (κ2) is 9.40. The van der Waals surface area contributed by atoms with Gasteiger partial charge in [0.1, 0.15) is 5.37 Å². The van der Waals surface area contributed by atoms with Gasteiger partial charge in [0.05, 0.1) is 11.7 Å². The number of carbonyl (C=O) groups excluding carboxylic acids is 2. The topological polar surface area (TPSA) is 49.4 Å². The molecule has 4 rings (SSSR count). The Labute approximate surface area is 187 Å². The summed E-state index contributed by atoms with van der Waals surface area (Å²) in [7, 11) is 0. The van der Waals surface area contributed by atoms with E-state index in [4.69, 9.17) is 0 Å². The predicted octanol–water partition coefficient (Wildman–Crippen LogP) is 5.91. The van der Waals surface area contributed by atoms with Crippen LogP contribution in [-0.2, 0) is 9.59 Å². The molecule has 5 heteroatoms. The number of nitrogens with zero attached hydrogens (tertiary/aromatic N) is 1. The molecule has 0 aromatic heterocycles. The number of rotatable bonds is 6. The molecule has 0 bridgehead atoms. The maximum Gasteiger partial charge on any atom is 0.238 e. The van der Waals surface area contributed by atoms with Gasteiger partial charge in [-0.25, -0.2) is 0 Å². The molecule has 1 N–H and O–H groups in total. The lowest BCUT2D eigenvalue weighted by molar-refractivity contribution is -0.118. The van der Waals surface area contributed by atoms with E-state index in [1.54, 1.807) is 11.8 Å². The molecule has 1 heterocycles. The summed E-state index contributed by atoms with van der Waals surface area (Å²) >= 11 is 1.63. The molecule has 1 aliphatic rings. The van der Waals surface area contributed by atoms with Crippen LogP contribution in [0.15, 0.2) is 78.9 Å². The fraction of sp³-hybridized carbons (Fsp3) is 0.231. The maximum atomic E-state index is 12.8. The highest BCUT2D eigenvalue weighted by Crippen LogP contribution is 2.42. The zero-order valence-corrected chi connectivity index (χ0v) is 18.6. The Morgan fingerprint density at radius 1 is 1.03 bits per heavy atom. The molecule has 0 aliphatic carbocycles. The van der Waals surface area contributed by atoms with Crippen molar-refractivity contribution >= 4 is 35.0 Å². The van der Waals surface area contributed by atoms with Gasteiger partial charge in [0.2, 0.25) is 11.8 Å². The van der Waals surface area contributed by atoms with E-state index in [0.717, 1.165) is 28.9 Å². The van der Waals surface area contributed by atoms with Crippen molar-refractivity contribution in [3.05, 3.63) is 95.6 Å². The summed E-state index contributed by atoms with van der Waals surface area (Å²) < 4.78 is 0. The molecule has 158 valence electrons. The molecule has 2 amide bonds. The van der Waals surface area contributed by atoms with E-state index in [0.29, 0.717) is 5.75 Å². The maximum absolute atomic E-state index is 12.8. The molecule has 1 fully saturated rings. The first-order valence-corrected chi connectivity index (χ1v) is 11.6. The van der Waals surface area contributed by atoms with E-state index >= 15 is 0 Å². The lowest BCUT2D eigenvalue weighted by atomic mass is 9.95. The largest absolute Gasteiger partial charge is 0.326 e. The Hall–Kier alpha value is -3.05. The molecule has 31 heavy (non-hydrogen) atoms. The number of amides is 2. The number of anilines is 2. The highest BCUT2D eigenvalue weighted by atomic mass is 32.2. The lowest BCUT2D eigenvalue weighted by Gasteiger charge is -2.24. The first kappa shape index (κ1) is 21.2. The average molecular weight is 431 g/mol. The molecule has 2 unspecified atom stereocenters. The van der Waals surface area contributed by atoms with Crippen LogP contribution in [0.4, 0.5) is 11.4 Å². The van der Waals surface area contributed by atoms with Gasteiger partial charge in [-0.05, 0) is 48.7 Å². The van der Waals surface area contributed by atoms with Gasteiger partial charge in [0, 0.05) is 11.4 Å². The monoisotopic (exact) mass is 430 g/mol. The molecule has 2 atom stereocenters. The van der Waals surface area contributed by atoms with Crippen LogP contribution in [0.25, 0.3) is 0 Å². The highest BCUT2D eigenvalue weighted by molar-refractivity contribution is 8.00. The summed E-state index contributed by atoms with van der Waals surface area (Å²) in [5.41, 5.74) is 4.91. The van der Waals surface area contributed by atoms with Crippen LogP contribution in [0.2, 0.25) is 0 Å². The average Bonchev–Trinajstić information content (AvgIpc) is 3.17. The van der Waals surface area contributed by atoms with Crippen LogP contribution < -0.4 is 10.2 Å². The molecule has 3 aromatic carbocycles. The summed E-state index contributed by atoms with van der Waals surface area (Å²) in [6, 6.07) is 25.7. The second-order valence-corrected chi connectivity index (χ2v) is 8.81.